The van der Waals surface area contributed by atoms with Gasteiger partial charge in [0.15, 0.2) is 5.65 Å². The number of benzene rings is 6. The van der Waals surface area contributed by atoms with Crippen LogP contribution in [0.4, 0.5) is 0 Å². The van der Waals surface area contributed by atoms with Crippen LogP contribution < -0.4 is 5.56 Å². The molecule has 0 unspecified atom stereocenters. The predicted molar refractivity (Wildman–Crippen MR) is 174 cm³/mol. The van der Waals surface area contributed by atoms with Gasteiger partial charge in [0.05, 0.1) is 16.6 Å². The minimum Gasteiger partial charge on any atom is -0.279 e. The van der Waals surface area contributed by atoms with Gasteiger partial charge in [-0.3, -0.25) is 13.8 Å². The van der Waals surface area contributed by atoms with E-state index in [0.29, 0.717) is 11.0 Å². The lowest BCUT2D eigenvalue weighted by Gasteiger charge is -2.14. The summed E-state index contributed by atoms with van der Waals surface area (Å²) in [7, 11) is 0. The molecule has 0 aliphatic rings. The summed E-state index contributed by atoms with van der Waals surface area (Å²) in [6, 6.07) is 46.2. The van der Waals surface area contributed by atoms with Gasteiger partial charge in [0.2, 0.25) is 0 Å². The first-order chi connectivity index (χ1) is 20.8. The molecule has 4 nitrogen and oxygen atoms in total. The summed E-state index contributed by atoms with van der Waals surface area (Å²) in [6.45, 7) is 0. The lowest BCUT2D eigenvalue weighted by Crippen LogP contribution is -2.21. The van der Waals surface area contributed by atoms with Crippen molar-refractivity contribution < 1.29 is 0 Å². The van der Waals surface area contributed by atoms with Crippen molar-refractivity contribution in [3.05, 3.63) is 150 Å². The summed E-state index contributed by atoms with van der Waals surface area (Å²) in [5, 5.41) is 9.13. The Morgan fingerprint density at radius 3 is 1.93 bits per heavy atom. The van der Waals surface area contributed by atoms with E-state index in [1.807, 2.05) is 41.0 Å². The largest absolute Gasteiger partial charge is 0.279 e. The number of rotatable bonds is 2. The second-order valence-corrected chi connectivity index (χ2v) is 10.8. The summed E-state index contributed by atoms with van der Waals surface area (Å²) in [4.78, 5) is 18.6. The molecule has 9 rings (SSSR count). The summed E-state index contributed by atoms with van der Waals surface area (Å²) in [6.07, 6.45) is 1.74. The Morgan fingerprint density at radius 1 is 0.500 bits per heavy atom. The van der Waals surface area contributed by atoms with Gasteiger partial charge in [-0.15, -0.1) is 0 Å². The van der Waals surface area contributed by atoms with E-state index in [4.69, 9.17) is 0 Å². The highest BCUT2D eigenvalue weighted by Gasteiger charge is 2.17. The van der Waals surface area contributed by atoms with Gasteiger partial charge in [-0.1, -0.05) is 91.0 Å². The monoisotopic (exact) mass is 537 g/mol. The maximum absolute atomic E-state index is 14.0. The van der Waals surface area contributed by atoms with Gasteiger partial charge < -0.3 is 0 Å². The molecule has 4 heteroatoms. The van der Waals surface area contributed by atoms with Gasteiger partial charge in [0, 0.05) is 11.6 Å². The molecule has 9 aromatic rings. The summed E-state index contributed by atoms with van der Waals surface area (Å²) >= 11 is 0. The van der Waals surface area contributed by atoms with E-state index in [0.717, 1.165) is 33.4 Å². The molecule has 42 heavy (non-hydrogen) atoms. The molecule has 0 bridgehead atoms. The van der Waals surface area contributed by atoms with E-state index in [9.17, 15) is 4.79 Å². The second kappa shape index (κ2) is 8.63. The number of hydrogen-bond donors (Lipinski definition) is 0. The Labute approximate surface area is 240 Å². The Morgan fingerprint density at radius 2 is 1.14 bits per heavy atom. The fourth-order valence-electron chi connectivity index (χ4n) is 6.66. The Bertz CT molecular complexity index is 2570. The Kier molecular flexibility index (Phi) is 4.73. The Balaban J connectivity index is 1.31. The molecule has 0 fully saturated rings. The van der Waals surface area contributed by atoms with Crippen molar-refractivity contribution in [2.75, 3.05) is 0 Å². The van der Waals surface area contributed by atoms with Crippen molar-refractivity contribution in [3.63, 3.8) is 0 Å². The third-order valence-electron chi connectivity index (χ3n) is 8.53. The molecule has 0 saturated carbocycles. The fraction of sp³-hybridized carbons (Fsp3) is 0. The highest BCUT2D eigenvalue weighted by Crippen LogP contribution is 2.37. The van der Waals surface area contributed by atoms with Gasteiger partial charge in [-0.05, 0) is 85.9 Å². The van der Waals surface area contributed by atoms with E-state index in [1.54, 1.807) is 6.20 Å². The highest BCUT2D eigenvalue weighted by atomic mass is 16.1. The van der Waals surface area contributed by atoms with Crippen LogP contribution in [0, 0.1) is 0 Å². The first kappa shape index (κ1) is 23.0. The van der Waals surface area contributed by atoms with Crippen LogP contribution in [0.2, 0.25) is 0 Å². The first-order valence-electron chi connectivity index (χ1n) is 14.1. The van der Waals surface area contributed by atoms with Gasteiger partial charge in [-0.25, -0.2) is 4.98 Å². The molecule has 0 N–H and O–H groups in total. The topological polar surface area (TPSA) is 39.3 Å². The summed E-state index contributed by atoms with van der Waals surface area (Å²) < 4.78 is 3.91. The predicted octanol–water partition coefficient (Wildman–Crippen LogP) is 8.92. The normalized spacial score (nSPS) is 11.9. The summed E-state index contributed by atoms with van der Waals surface area (Å²) in [5.74, 6) is 0. The number of aromatic nitrogens is 3. The lowest BCUT2D eigenvalue weighted by atomic mass is 9.92. The van der Waals surface area contributed by atoms with Crippen LogP contribution >= 0.6 is 0 Å². The minimum atomic E-state index is -0.0819. The quantitative estimate of drug-likeness (QED) is 0.207. The zero-order valence-corrected chi connectivity index (χ0v) is 22.5. The third-order valence-corrected chi connectivity index (χ3v) is 8.53. The standard InChI is InChI=1S/C38H23N3O/c42-38-33-16-8-20-39-37(33)41-35-17-6-1-9-26(35)23-36(41)40(38)27-11-7-10-24(21-27)25-18-19-32-30-14-3-2-12-28(30)29-13-4-5-15-31(29)34(32)22-25/h1-23H. The molecule has 3 heterocycles. The van der Waals surface area contributed by atoms with E-state index in [2.05, 4.69) is 106 Å². The number of pyridine rings is 1. The lowest BCUT2D eigenvalue weighted by molar-refractivity contribution is 0.999. The van der Waals surface area contributed by atoms with Crippen LogP contribution in [0.3, 0.4) is 0 Å². The van der Waals surface area contributed by atoms with Crippen molar-refractivity contribution in [1.82, 2.24) is 14.0 Å². The molecule has 0 radical (unpaired) electrons. The van der Waals surface area contributed by atoms with Crippen LogP contribution in [0.15, 0.2) is 144 Å². The average Bonchev–Trinajstić information content (AvgIpc) is 3.44. The van der Waals surface area contributed by atoms with E-state index >= 15 is 0 Å². The number of para-hydroxylation sites is 1. The van der Waals surface area contributed by atoms with Crippen molar-refractivity contribution in [2.24, 2.45) is 0 Å². The van der Waals surface area contributed by atoms with Crippen LogP contribution in [0.5, 0.6) is 0 Å². The van der Waals surface area contributed by atoms with Gasteiger partial charge >= 0.3 is 0 Å². The SMILES string of the molecule is O=c1c2cccnc2n2c3ccccc3cc2n1-c1cccc(-c2ccc3c4ccccc4c4ccccc4c3c2)c1. The molecule has 196 valence electrons. The number of nitrogens with zero attached hydrogens (tertiary/aromatic N) is 3. The highest BCUT2D eigenvalue weighted by molar-refractivity contribution is 6.25. The van der Waals surface area contributed by atoms with Crippen LogP contribution in [0.25, 0.3) is 76.7 Å². The maximum atomic E-state index is 14.0. The van der Waals surface area contributed by atoms with Gasteiger partial charge in [-0.2, -0.15) is 0 Å². The molecular formula is C38H23N3O. The van der Waals surface area contributed by atoms with Crippen molar-refractivity contribution in [2.45, 2.75) is 0 Å². The van der Waals surface area contributed by atoms with Crippen LogP contribution in [-0.4, -0.2) is 14.0 Å². The molecule has 0 amide bonds. The zero-order valence-electron chi connectivity index (χ0n) is 22.5. The molecular weight excluding hydrogens is 514 g/mol. The van der Waals surface area contributed by atoms with Crippen molar-refractivity contribution in [1.29, 1.82) is 0 Å². The van der Waals surface area contributed by atoms with Crippen molar-refractivity contribution in [3.8, 4) is 16.8 Å². The van der Waals surface area contributed by atoms with Gasteiger partial charge in [0.25, 0.3) is 5.56 Å². The second-order valence-electron chi connectivity index (χ2n) is 10.8. The fourth-order valence-corrected chi connectivity index (χ4v) is 6.66. The molecule has 0 spiro atoms. The molecule has 0 saturated heterocycles. The van der Waals surface area contributed by atoms with Gasteiger partial charge in [0.1, 0.15) is 5.65 Å². The Hall–Kier alpha value is -5.74. The number of hydrogen-bond acceptors (Lipinski definition) is 2. The average molecular weight is 538 g/mol. The molecule has 0 aliphatic heterocycles. The van der Waals surface area contributed by atoms with Crippen LogP contribution in [0.1, 0.15) is 0 Å². The van der Waals surface area contributed by atoms with Crippen LogP contribution in [-0.2, 0) is 0 Å². The molecule has 0 atom stereocenters. The van der Waals surface area contributed by atoms with E-state index in [1.165, 1.54) is 32.3 Å². The van der Waals surface area contributed by atoms with Crippen molar-refractivity contribution >= 4 is 59.9 Å². The molecule has 0 aliphatic carbocycles. The molecule has 6 aromatic carbocycles. The smallest absolute Gasteiger partial charge is 0.267 e. The maximum Gasteiger partial charge on any atom is 0.267 e. The number of fused-ring (bicyclic) bond motifs is 11. The zero-order chi connectivity index (χ0) is 27.8. The summed E-state index contributed by atoms with van der Waals surface area (Å²) in [5.41, 5.74) is 5.38. The minimum absolute atomic E-state index is 0.0819. The first-order valence-corrected chi connectivity index (χ1v) is 14.1. The van der Waals surface area contributed by atoms with E-state index < -0.39 is 0 Å². The van der Waals surface area contributed by atoms with E-state index in [-0.39, 0.29) is 5.56 Å². The molecule has 3 aromatic heterocycles. The third kappa shape index (κ3) is 3.17.